The van der Waals surface area contributed by atoms with Gasteiger partial charge in [0.2, 0.25) is 0 Å². The van der Waals surface area contributed by atoms with E-state index in [9.17, 15) is 9.59 Å². The predicted octanol–water partition coefficient (Wildman–Crippen LogP) is 3.87. The normalized spacial score (nSPS) is 14.7. The number of aromatic amines is 2. The molecule has 4 aromatic rings. The van der Waals surface area contributed by atoms with Gasteiger partial charge < -0.3 is 9.97 Å². The van der Waals surface area contributed by atoms with Gasteiger partial charge in [-0.05, 0) is 18.2 Å². The van der Waals surface area contributed by atoms with Gasteiger partial charge in [-0.1, -0.05) is 35.9 Å². The van der Waals surface area contributed by atoms with Gasteiger partial charge in [-0.3, -0.25) is 14.9 Å². The third kappa shape index (κ3) is 1.98. The third-order valence-electron chi connectivity index (χ3n) is 4.71. The molecule has 0 saturated carbocycles. The predicted molar refractivity (Wildman–Crippen MR) is 102 cm³/mol. The number of amides is 2. The Bertz CT molecular complexity index is 1260. The molecule has 126 valence electrons. The second-order valence-corrected chi connectivity index (χ2v) is 6.55. The number of para-hydroxylation sites is 1. The lowest BCUT2D eigenvalue weighted by Gasteiger charge is -2.04. The molecule has 0 atom stereocenters. The summed E-state index contributed by atoms with van der Waals surface area (Å²) in [6, 6.07) is 13.1. The largest absolute Gasteiger partial charge is 0.361 e. The van der Waals surface area contributed by atoms with Crippen LogP contribution < -0.4 is 5.32 Å². The Morgan fingerprint density at radius 1 is 0.731 bits per heavy atom. The van der Waals surface area contributed by atoms with Gasteiger partial charge in [-0.25, -0.2) is 0 Å². The number of nitrogens with one attached hydrogen (secondary N) is 3. The van der Waals surface area contributed by atoms with Crippen molar-refractivity contribution >= 4 is 56.4 Å². The quantitative estimate of drug-likeness (QED) is 0.474. The minimum Gasteiger partial charge on any atom is -0.361 e. The molecule has 6 heteroatoms. The highest BCUT2D eigenvalue weighted by Gasteiger charge is 2.34. The summed E-state index contributed by atoms with van der Waals surface area (Å²) in [4.78, 5) is 31.5. The van der Waals surface area contributed by atoms with Crippen molar-refractivity contribution in [1.29, 1.82) is 0 Å². The summed E-state index contributed by atoms with van der Waals surface area (Å²) >= 11 is 6.37. The topological polar surface area (TPSA) is 77.8 Å². The van der Waals surface area contributed by atoms with Crippen LogP contribution in [0.15, 0.2) is 54.9 Å². The fraction of sp³-hybridized carbons (Fsp3) is 0. The minimum atomic E-state index is -0.420. The van der Waals surface area contributed by atoms with Crippen molar-refractivity contribution in [3.05, 3.63) is 71.0 Å². The first-order valence-electron chi connectivity index (χ1n) is 8.07. The zero-order chi connectivity index (χ0) is 17.8. The molecule has 5 nitrogen and oxygen atoms in total. The molecule has 1 aliphatic heterocycles. The molecule has 2 amide bonds. The summed E-state index contributed by atoms with van der Waals surface area (Å²) in [6.07, 6.45) is 3.48. The Morgan fingerprint density at radius 3 is 2.23 bits per heavy atom. The second-order valence-electron chi connectivity index (χ2n) is 6.15. The van der Waals surface area contributed by atoms with Crippen molar-refractivity contribution in [3.8, 4) is 0 Å². The fourth-order valence-electron chi connectivity index (χ4n) is 3.58. The number of hydrogen-bond donors (Lipinski definition) is 3. The second kappa shape index (κ2) is 5.34. The van der Waals surface area contributed by atoms with E-state index >= 15 is 0 Å². The SMILES string of the molecule is O=C1NC(=O)C(c2c[nH]c3cccc(Cl)c23)=C1c1c[nH]c2ccccc12. The minimum absolute atomic E-state index is 0.333. The fourth-order valence-corrected chi connectivity index (χ4v) is 3.86. The number of fused-ring (bicyclic) bond motifs is 2. The van der Waals surface area contributed by atoms with Crippen LogP contribution in [0.5, 0.6) is 0 Å². The number of hydrogen-bond acceptors (Lipinski definition) is 2. The number of benzene rings is 2. The van der Waals surface area contributed by atoms with Gasteiger partial charge in [0.25, 0.3) is 11.8 Å². The summed E-state index contributed by atoms with van der Waals surface area (Å²) in [5.74, 6) is -0.827. The zero-order valence-corrected chi connectivity index (χ0v) is 14.1. The highest BCUT2D eigenvalue weighted by atomic mass is 35.5. The lowest BCUT2D eigenvalue weighted by molar-refractivity contribution is -0.122. The van der Waals surface area contributed by atoms with Crippen LogP contribution >= 0.6 is 11.6 Å². The van der Waals surface area contributed by atoms with E-state index in [0.29, 0.717) is 27.3 Å². The van der Waals surface area contributed by atoms with Crippen LogP contribution in [0.2, 0.25) is 5.02 Å². The van der Waals surface area contributed by atoms with Crippen LogP contribution in [0, 0.1) is 0 Å². The van der Waals surface area contributed by atoms with E-state index in [2.05, 4.69) is 15.3 Å². The first kappa shape index (κ1) is 15.0. The van der Waals surface area contributed by atoms with Crippen molar-refractivity contribution in [1.82, 2.24) is 15.3 Å². The number of H-pyrrole nitrogens is 2. The van der Waals surface area contributed by atoms with E-state index < -0.39 is 11.8 Å². The van der Waals surface area contributed by atoms with Crippen LogP contribution in [0.4, 0.5) is 0 Å². The van der Waals surface area contributed by atoms with Gasteiger partial charge in [-0.2, -0.15) is 0 Å². The van der Waals surface area contributed by atoms with E-state index in [1.54, 1.807) is 18.5 Å². The van der Waals surface area contributed by atoms with E-state index in [-0.39, 0.29) is 0 Å². The van der Waals surface area contributed by atoms with Gasteiger partial charge in [-0.15, -0.1) is 0 Å². The van der Waals surface area contributed by atoms with E-state index in [4.69, 9.17) is 11.6 Å². The average molecular weight is 362 g/mol. The highest BCUT2D eigenvalue weighted by Crippen LogP contribution is 2.39. The molecule has 2 aromatic carbocycles. The van der Waals surface area contributed by atoms with Crippen LogP contribution in [-0.4, -0.2) is 21.8 Å². The first-order chi connectivity index (χ1) is 12.6. The summed E-state index contributed by atoms with van der Waals surface area (Å²) < 4.78 is 0. The smallest absolute Gasteiger partial charge is 0.259 e. The van der Waals surface area contributed by atoms with E-state index in [1.165, 1.54) is 0 Å². The van der Waals surface area contributed by atoms with Crippen molar-refractivity contribution in [3.63, 3.8) is 0 Å². The van der Waals surface area contributed by atoms with Crippen LogP contribution in [-0.2, 0) is 9.59 Å². The van der Waals surface area contributed by atoms with Crippen molar-refractivity contribution < 1.29 is 9.59 Å². The summed E-state index contributed by atoms with van der Waals surface area (Å²) in [7, 11) is 0. The molecule has 0 bridgehead atoms. The summed E-state index contributed by atoms with van der Waals surface area (Å²) in [6.45, 7) is 0. The lowest BCUT2D eigenvalue weighted by atomic mass is 9.95. The molecular formula is C20H12ClN3O2. The van der Waals surface area contributed by atoms with Crippen LogP contribution in [0.3, 0.4) is 0 Å². The molecule has 1 aliphatic rings. The zero-order valence-electron chi connectivity index (χ0n) is 13.4. The Labute approximate surface area is 152 Å². The molecule has 0 fully saturated rings. The van der Waals surface area contributed by atoms with Gasteiger partial charge in [0.05, 0.1) is 16.2 Å². The first-order valence-corrected chi connectivity index (χ1v) is 8.45. The highest BCUT2D eigenvalue weighted by molar-refractivity contribution is 6.51. The molecule has 26 heavy (non-hydrogen) atoms. The van der Waals surface area contributed by atoms with E-state index in [0.717, 1.165) is 21.8 Å². The van der Waals surface area contributed by atoms with Crippen molar-refractivity contribution in [2.45, 2.75) is 0 Å². The number of halogens is 1. The Hall–Kier alpha value is -3.31. The summed E-state index contributed by atoms with van der Waals surface area (Å²) in [5.41, 5.74) is 3.71. The third-order valence-corrected chi connectivity index (χ3v) is 5.03. The standard InChI is InChI=1S/C20H12ClN3O2/c21-13-5-3-7-15-16(13)12(9-23-15)18-17(19(25)24-20(18)26)11-8-22-14-6-2-1-4-10(11)14/h1-9,22-23H,(H,24,25,26). The number of imide groups is 1. The maximum absolute atomic E-state index is 12.6. The molecular weight excluding hydrogens is 350 g/mol. The monoisotopic (exact) mass is 361 g/mol. The van der Waals surface area contributed by atoms with Gasteiger partial charge in [0.1, 0.15) is 0 Å². The molecule has 0 unspecified atom stereocenters. The molecule has 0 aliphatic carbocycles. The summed E-state index contributed by atoms with van der Waals surface area (Å²) in [5, 5.41) is 4.56. The lowest BCUT2D eigenvalue weighted by Crippen LogP contribution is -2.22. The molecule has 0 spiro atoms. The maximum atomic E-state index is 12.6. The number of carbonyl (C=O) groups is 2. The molecule has 3 N–H and O–H groups in total. The molecule has 2 aromatic heterocycles. The van der Waals surface area contributed by atoms with Crippen LogP contribution in [0.1, 0.15) is 11.1 Å². The van der Waals surface area contributed by atoms with Crippen molar-refractivity contribution in [2.24, 2.45) is 0 Å². The van der Waals surface area contributed by atoms with E-state index in [1.807, 2.05) is 36.4 Å². The maximum Gasteiger partial charge on any atom is 0.259 e. The van der Waals surface area contributed by atoms with Gasteiger partial charge >= 0.3 is 0 Å². The Balaban J connectivity index is 1.87. The number of aromatic nitrogens is 2. The molecule has 5 rings (SSSR count). The van der Waals surface area contributed by atoms with Crippen LogP contribution in [0.25, 0.3) is 33.0 Å². The molecule has 0 radical (unpaired) electrons. The van der Waals surface area contributed by atoms with Crippen molar-refractivity contribution in [2.75, 3.05) is 0 Å². The molecule has 3 heterocycles. The molecule has 0 saturated heterocycles. The number of carbonyl (C=O) groups excluding carboxylic acids is 2. The Kier molecular flexibility index (Phi) is 3.08. The van der Waals surface area contributed by atoms with Gasteiger partial charge in [0, 0.05) is 45.3 Å². The van der Waals surface area contributed by atoms with Gasteiger partial charge in [0.15, 0.2) is 0 Å². The number of rotatable bonds is 2. The average Bonchev–Trinajstić information content (AvgIpc) is 3.30. The Morgan fingerprint density at radius 2 is 1.38 bits per heavy atom.